The number of thioether (sulfide) groups is 1. The molecule has 2 aromatic heterocycles. The molecule has 1 N–H and O–H groups in total. The van der Waals surface area contributed by atoms with Crippen LogP contribution in [-0.2, 0) is 4.79 Å². The number of carbonyl (C=O) groups excluding carboxylic acids is 1. The van der Waals surface area contributed by atoms with Gasteiger partial charge in [-0.15, -0.1) is 11.3 Å². The average Bonchev–Trinajstić information content (AvgIpc) is 3.18. The first-order valence-electron chi connectivity index (χ1n) is 8.78. The van der Waals surface area contributed by atoms with Gasteiger partial charge in [0.1, 0.15) is 10.6 Å². The predicted octanol–water partition coefficient (Wildman–Crippen LogP) is 4.63. The maximum absolute atomic E-state index is 13.8. The van der Waals surface area contributed by atoms with Gasteiger partial charge in [-0.25, -0.2) is 9.37 Å². The Kier molecular flexibility index (Phi) is 5.46. The van der Waals surface area contributed by atoms with Crippen LogP contribution in [0, 0.1) is 12.7 Å². The molecular weight excluding hydrogens is 409 g/mol. The van der Waals surface area contributed by atoms with Crippen molar-refractivity contribution in [2.75, 3.05) is 11.1 Å². The SMILES string of the molecule is Cc1ccccc1-n1c(SCC(=O)Nc2ccccc2F)nc2sccc2c1=O. The highest BCUT2D eigenvalue weighted by Gasteiger charge is 2.17. The summed E-state index contributed by atoms with van der Waals surface area (Å²) in [4.78, 5) is 30.7. The summed E-state index contributed by atoms with van der Waals surface area (Å²) < 4.78 is 15.3. The molecule has 0 atom stereocenters. The number of thiophene rings is 1. The largest absolute Gasteiger partial charge is 0.323 e. The van der Waals surface area contributed by atoms with E-state index < -0.39 is 5.82 Å². The number of fused-ring (bicyclic) bond motifs is 1. The Morgan fingerprint density at radius 3 is 2.72 bits per heavy atom. The normalized spacial score (nSPS) is 11.0. The Morgan fingerprint density at radius 2 is 1.93 bits per heavy atom. The van der Waals surface area contributed by atoms with Gasteiger partial charge in [0.2, 0.25) is 5.91 Å². The molecular formula is C21H16FN3O2S2. The number of halogens is 1. The number of nitrogens with one attached hydrogen (secondary N) is 1. The van der Waals surface area contributed by atoms with Gasteiger partial charge < -0.3 is 5.32 Å². The second kappa shape index (κ2) is 8.18. The molecule has 0 saturated heterocycles. The third-order valence-corrected chi connectivity index (χ3v) is 6.05. The van der Waals surface area contributed by atoms with Crippen LogP contribution in [0.3, 0.4) is 0 Å². The van der Waals surface area contributed by atoms with Crippen molar-refractivity contribution in [3.05, 3.63) is 81.7 Å². The lowest BCUT2D eigenvalue weighted by atomic mass is 10.2. The highest BCUT2D eigenvalue weighted by molar-refractivity contribution is 7.99. The van der Waals surface area contributed by atoms with Gasteiger partial charge in [-0.3, -0.25) is 14.2 Å². The molecule has 29 heavy (non-hydrogen) atoms. The summed E-state index contributed by atoms with van der Waals surface area (Å²) >= 11 is 2.51. The minimum Gasteiger partial charge on any atom is -0.323 e. The number of para-hydroxylation sites is 2. The number of aromatic nitrogens is 2. The summed E-state index contributed by atoms with van der Waals surface area (Å²) in [7, 11) is 0. The lowest BCUT2D eigenvalue weighted by Gasteiger charge is -2.14. The van der Waals surface area contributed by atoms with Gasteiger partial charge >= 0.3 is 0 Å². The molecule has 2 heterocycles. The first kappa shape index (κ1) is 19.4. The molecule has 0 aliphatic rings. The van der Waals surface area contributed by atoms with E-state index in [4.69, 9.17) is 0 Å². The third kappa shape index (κ3) is 3.94. The first-order valence-corrected chi connectivity index (χ1v) is 10.6. The summed E-state index contributed by atoms with van der Waals surface area (Å²) in [6.07, 6.45) is 0. The van der Waals surface area contributed by atoms with E-state index in [1.165, 1.54) is 28.0 Å². The first-order chi connectivity index (χ1) is 14.0. The van der Waals surface area contributed by atoms with Gasteiger partial charge in [0.15, 0.2) is 5.16 Å². The average molecular weight is 426 g/mol. The van der Waals surface area contributed by atoms with Crippen molar-refractivity contribution in [1.82, 2.24) is 9.55 Å². The van der Waals surface area contributed by atoms with E-state index in [9.17, 15) is 14.0 Å². The van der Waals surface area contributed by atoms with Gasteiger partial charge in [-0.2, -0.15) is 0 Å². The number of nitrogens with zero attached hydrogens (tertiary/aromatic N) is 2. The number of amides is 1. The fourth-order valence-corrected chi connectivity index (χ4v) is 4.51. The highest BCUT2D eigenvalue weighted by atomic mass is 32.2. The Morgan fingerprint density at radius 1 is 1.17 bits per heavy atom. The lowest BCUT2D eigenvalue weighted by molar-refractivity contribution is -0.113. The number of rotatable bonds is 5. The van der Waals surface area contributed by atoms with Gasteiger partial charge in [-0.1, -0.05) is 42.1 Å². The van der Waals surface area contributed by atoms with Gasteiger partial charge in [0.05, 0.1) is 22.5 Å². The van der Waals surface area contributed by atoms with Crippen LogP contribution in [0.15, 0.2) is 69.9 Å². The minimum absolute atomic E-state index is 0.0104. The van der Waals surface area contributed by atoms with Crippen LogP contribution in [0.4, 0.5) is 10.1 Å². The molecule has 8 heteroatoms. The van der Waals surface area contributed by atoms with Gasteiger partial charge in [0, 0.05) is 0 Å². The molecule has 0 aliphatic heterocycles. The van der Waals surface area contributed by atoms with Crippen molar-refractivity contribution in [2.24, 2.45) is 0 Å². The van der Waals surface area contributed by atoms with Crippen molar-refractivity contribution >= 4 is 44.9 Å². The van der Waals surface area contributed by atoms with E-state index in [0.29, 0.717) is 15.4 Å². The maximum Gasteiger partial charge on any atom is 0.267 e. The molecule has 0 unspecified atom stereocenters. The van der Waals surface area contributed by atoms with Crippen LogP contribution in [0.1, 0.15) is 5.56 Å². The summed E-state index contributed by atoms with van der Waals surface area (Å²) in [5.74, 6) is -0.887. The quantitative estimate of drug-likeness (QED) is 0.374. The molecule has 5 nitrogen and oxygen atoms in total. The van der Waals surface area contributed by atoms with E-state index in [2.05, 4.69) is 10.3 Å². The second-order valence-electron chi connectivity index (χ2n) is 6.28. The highest BCUT2D eigenvalue weighted by Crippen LogP contribution is 2.25. The Bertz CT molecular complexity index is 1270. The van der Waals surface area contributed by atoms with Crippen molar-refractivity contribution in [3.63, 3.8) is 0 Å². The Hall–Kier alpha value is -2.97. The van der Waals surface area contributed by atoms with Crippen LogP contribution in [0.2, 0.25) is 0 Å². The number of benzene rings is 2. The molecule has 146 valence electrons. The number of aryl methyl sites for hydroxylation is 1. The van der Waals surface area contributed by atoms with Gasteiger partial charge in [-0.05, 0) is 42.1 Å². The number of anilines is 1. The summed E-state index contributed by atoms with van der Waals surface area (Å²) in [6, 6.07) is 15.3. The standard InChI is InChI=1S/C21H16FN3O2S2/c1-13-6-2-5-9-17(13)25-20(27)14-10-11-28-19(14)24-21(25)29-12-18(26)23-16-8-4-3-7-15(16)22/h2-11H,12H2,1H3,(H,23,26). The molecule has 0 spiro atoms. The van der Waals surface area contributed by atoms with Crippen molar-refractivity contribution in [3.8, 4) is 5.69 Å². The molecule has 4 rings (SSSR count). The van der Waals surface area contributed by atoms with Crippen LogP contribution in [-0.4, -0.2) is 21.2 Å². The molecule has 4 aromatic rings. The number of hydrogen-bond acceptors (Lipinski definition) is 5. The molecule has 2 aromatic carbocycles. The van der Waals surface area contributed by atoms with Crippen LogP contribution < -0.4 is 10.9 Å². The summed E-state index contributed by atoms with van der Waals surface area (Å²) in [5, 5.41) is 5.33. The predicted molar refractivity (Wildman–Crippen MR) is 116 cm³/mol. The van der Waals surface area contributed by atoms with Crippen LogP contribution >= 0.6 is 23.1 Å². The Labute approximate surface area is 174 Å². The van der Waals surface area contributed by atoms with Crippen molar-refractivity contribution in [1.29, 1.82) is 0 Å². The second-order valence-corrected chi connectivity index (χ2v) is 8.11. The fraction of sp³-hybridized carbons (Fsp3) is 0.0952. The third-order valence-electron chi connectivity index (χ3n) is 4.30. The van der Waals surface area contributed by atoms with E-state index >= 15 is 0 Å². The minimum atomic E-state index is -0.499. The van der Waals surface area contributed by atoms with E-state index in [1.54, 1.807) is 18.2 Å². The zero-order chi connectivity index (χ0) is 20.4. The maximum atomic E-state index is 13.8. The topological polar surface area (TPSA) is 64.0 Å². The van der Waals surface area contributed by atoms with Gasteiger partial charge in [0.25, 0.3) is 5.56 Å². The molecule has 0 bridgehead atoms. The number of hydrogen-bond donors (Lipinski definition) is 1. The zero-order valence-electron chi connectivity index (χ0n) is 15.4. The molecule has 0 fully saturated rings. The fourth-order valence-electron chi connectivity index (χ4n) is 2.90. The molecule has 0 radical (unpaired) electrons. The monoisotopic (exact) mass is 425 g/mol. The van der Waals surface area contributed by atoms with E-state index in [1.807, 2.05) is 36.6 Å². The van der Waals surface area contributed by atoms with Crippen LogP contribution in [0.5, 0.6) is 0 Å². The molecule has 0 saturated carbocycles. The lowest BCUT2D eigenvalue weighted by Crippen LogP contribution is -2.23. The van der Waals surface area contributed by atoms with Crippen LogP contribution in [0.25, 0.3) is 15.9 Å². The van der Waals surface area contributed by atoms with E-state index in [-0.39, 0.29) is 22.9 Å². The zero-order valence-corrected chi connectivity index (χ0v) is 17.0. The summed E-state index contributed by atoms with van der Waals surface area (Å²) in [6.45, 7) is 1.92. The smallest absolute Gasteiger partial charge is 0.267 e. The summed E-state index contributed by atoms with van der Waals surface area (Å²) in [5.41, 5.74) is 1.58. The Balaban J connectivity index is 1.67. The molecule has 0 aliphatic carbocycles. The van der Waals surface area contributed by atoms with E-state index in [0.717, 1.165) is 23.0 Å². The van der Waals surface area contributed by atoms with Crippen molar-refractivity contribution < 1.29 is 9.18 Å². The number of carbonyl (C=O) groups is 1. The molecule has 1 amide bonds. The van der Waals surface area contributed by atoms with Crippen molar-refractivity contribution in [2.45, 2.75) is 12.1 Å².